The topological polar surface area (TPSA) is 107 Å². The highest BCUT2D eigenvalue weighted by atomic mass is 16.5. The molecule has 0 saturated carbocycles. The number of aliphatic carboxylic acids is 2. The second kappa shape index (κ2) is 11.2. The number of anilines is 1. The van der Waals surface area contributed by atoms with Gasteiger partial charge in [0.15, 0.2) is 5.60 Å². The summed E-state index contributed by atoms with van der Waals surface area (Å²) >= 11 is 0. The summed E-state index contributed by atoms with van der Waals surface area (Å²) in [6.45, 7) is 3.74. The van der Waals surface area contributed by atoms with Gasteiger partial charge in [-0.1, -0.05) is 48.5 Å². The van der Waals surface area contributed by atoms with Gasteiger partial charge in [-0.15, -0.1) is 0 Å². The summed E-state index contributed by atoms with van der Waals surface area (Å²) in [6.07, 6.45) is 1.12. The number of ether oxygens (including phenoxy) is 1. The fourth-order valence-electron chi connectivity index (χ4n) is 3.23. The van der Waals surface area contributed by atoms with E-state index in [0.717, 1.165) is 23.4 Å². The highest BCUT2D eigenvalue weighted by Gasteiger charge is 2.48. The molecule has 1 amide bonds. The van der Waals surface area contributed by atoms with Gasteiger partial charge in [0.1, 0.15) is 0 Å². The van der Waals surface area contributed by atoms with E-state index < -0.39 is 17.5 Å². The van der Waals surface area contributed by atoms with Crippen molar-refractivity contribution in [2.75, 3.05) is 32.1 Å². The van der Waals surface area contributed by atoms with Gasteiger partial charge in [0, 0.05) is 24.3 Å². The molecule has 0 aliphatic carbocycles. The first-order valence-corrected chi connectivity index (χ1v) is 10.0. The fraction of sp³-hybridized carbons (Fsp3) is 0.292. The Balaban J connectivity index is 0.000000390. The summed E-state index contributed by atoms with van der Waals surface area (Å²) in [6, 6.07) is 18.0. The molecule has 32 heavy (non-hydrogen) atoms. The van der Waals surface area contributed by atoms with Crippen molar-refractivity contribution < 1.29 is 29.3 Å². The van der Waals surface area contributed by atoms with E-state index >= 15 is 0 Å². The van der Waals surface area contributed by atoms with E-state index in [9.17, 15) is 14.4 Å². The molecular formula is C24H28N2O6. The average molecular weight is 440 g/mol. The summed E-state index contributed by atoms with van der Waals surface area (Å²) in [5, 5.41) is 15.6. The monoisotopic (exact) mass is 440 g/mol. The molecule has 2 N–H and O–H groups in total. The molecule has 1 aliphatic rings. The third kappa shape index (κ3) is 6.50. The number of hydrogen-bond acceptors (Lipinski definition) is 5. The Morgan fingerprint density at radius 2 is 1.56 bits per heavy atom. The van der Waals surface area contributed by atoms with Crippen molar-refractivity contribution in [3.8, 4) is 0 Å². The number of rotatable bonds is 8. The number of fused-ring (bicyclic) bond motifs is 1. The molecule has 1 unspecified atom stereocenters. The van der Waals surface area contributed by atoms with Crippen LogP contribution < -0.4 is 4.90 Å². The molecular weight excluding hydrogens is 412 g/mol. The summed E-state index contributed by atoms with van der Waals surface area (Å²) < 4.78 is 6.08. The Morgan fingerprint density at radius 1 is 1.00 bits per heavy atom. The van der Waals surface area contributed by atoms with Crippen molar-refractivity contribution in [2.45, 2.75) is 19.1 Å². The molecule has 0 spiro atoms. The highest BCUT2D eigenvalue weighted by Crippen LogP contribution is 2.43. The van der Waals surface area contributed by atoms with Crippen molar-refractivity contribution in [3.05, 3.63) is 77.9 Å². The lowest BCUT2D eigenvalue weighted by Gasteiger charge is -2.26. The van der Waals surface area contributed by atoms with E-state index in [4.69, 9.17) is 14.9 Å². The van der Waals surface area contributed by atoms with Crippen LogP contribution in [-0.4, -0.2) is 60.2 Å². The van der Waals surface area contributed by atoms with Gasteiger partial charge >= 0.3 is 11.9 Å². The summed E-state index contributed by atoms with van der Waals surface area (Å²) in [5.41, 5.74) is 2.09. The third-order valence-electron chi connectivity index (χ3n) is 4.84. The van der Waals surface area contributed by atoms with Crippen molar-refractivity contribution >= 4 is 23.5 Å². The number of para-hydroxylation sites is 1. The largest absolute Gasteiger partial charge is 0.478 e. The normalized spacial score (nSPS) is 17.2. The SMILES string of the molecule is CN(C)CCOC1(C)C(=O)N(Cc2ccccc2)c2ccccc21.O=C(O)C=CC(=O)O. The minimum Gasteiger partial charge on any atom is -0.478 e. The van der Waals surface area contributed by atoms with E-state index in [0.29, 0.717) is 25.3 Å². The summed E-state index contributed by atoms with van der Waals surface area (Å²) in [5.74, 6) is -2.51. The van der Waals surface area contributed by atoms with Crippen LogP contribution in [0.5, 0.6) is 0 Å². The van der Waals surface area contributed by atoms with Gasteiger partial charge in [-0.2, -0.15) is 0 Å². The zero-order valence-electron chi connectivity index (χ0n) is 18.4. The van der Waals surface area contributed by atoms with E-state index in [-0.39, 0.29) is 5.91 Å². The van der Waals surface area contributed by atoms with Crippen LogP contribution in [-0.2, 0) is 31.3 Å². The molecule has 170 valence electrons. The smallest absolute Gasteiger partial charge is 0.328 e. The van der Waals surface area contributed by atoms with Crippen molar-refractivity contribution in [1.82, 2.24) is 4.90 Å². The fourth-order valence-corrected chi connectivity index (χ4v) is 3.23. The van der Waals surface area contributed by atoms with E-state index in [2.05, 4.69) is 4.90 Å². The first kappa shape index (κ1) is 24.8. The minimum atomic E-state index is -1.26. The molecule has 8 heteroatoms. The number of amides is 1. The van der Waals surface area contributed by atoms with Crippen molar-refractivity contribution in [1.29, 1.82) is 0 Å². The van der Waals surface area contributed by atoms with E-state index in [1.54, 1.807) is 0 Å². The number of hydrogen-bond donors (Lipinski definition) is 2. The van der Waals surface area contributed by atoms with Crippen LogP contribution in [0.3, 0.4) is 0 Å². The summed E-state index contributed by atoms with van der Waals surface area (Å²) in [4.78, 5) is 36.1. The van der Waals surface area contributed by atoms with Crippen LogP contribution in [0.4, 0.5) is 5.69 Å². The lowest BCUT2D eigenvalue weighted by molar-refractivity contribution is -0.142. The van der Waals surface area contributed by atoms with Gasteiger partial charge in [-0.25, -0.2) is 9.59 Å². The Bertz CT molecular complexity index is 957. The zero-order valence-corrected chi connectivity index (χ0v) is 18.4. The van der Waals surface area contributed by atoms with E-state index in [1.807, 2.05) is 80.5 Å². The Morgan fingerprint density at radius 3 is 2.12 bits per heavy atom. The van der Waals surface area contributed by atoms with E-state index in [1.165, 1.54) is 0 Å². The second-order valence-corrected chi connectivity index (χ2v) is 7.59. The second-order valence-electron chi connectivity index (χ2n) is 7.59. The predicted octanol–water partition coefficient (Wildman–Crippen LogP) is 2.74. The molecule has 0 radical (unpaired) electrons. The van der Waals surface area contributed by atoms with Crippen LogP contribution in [0, 0.1) is 0 Å². The van der Waals surface area contributed by atoms with Gasteiger partial charge < -0.3 is 24.7 Å². The van der Waals surface area contributed by atoms with Gasteiger partial charge in [0.2, 0.25) is 0 Å². The molecule has 0 fully saturated rings. The lowest BCUT2D eigenvalue weighted by Crippen LogP contribution is -2.41. The predicted molar refractivity (Wildman–Crippen MR) is 120 cm³/mol. The van der Waals surface area contributed by atoms with Gasteiger partial charge in [0.05, 0.1) is 18.8 Å². The zero-order chi connectivity index (χ0) is 23.7. The molecule has 1 aliphatic heterocycles. The maximum atomic E-state index is 13.2. The third-order valence-corrected chi connectivity index (χ3v) is 4.84. The van der Waals surface area contributed by atoms with Crippen molar-refractivity contribution in [3.63, 3.8) is 0 Å². The number of benzene rings is 2. The highest BCUT2D eigenvalue weighted by molar-refractivity contribution is 6.06. The minimum absolute atomic E-state index is 0.00584. The van der Waals surface area contributed by atoms with Gasteiger partial charge in [-0.3, -0.25) is 4.79 Å². The standard InChI is InChI=1S/C20H24N2O2.C4H4O4/c1-20(24-14-13-21(2)3)17-11-7-8-12-18(17)22(19(20)23)15-16-9-5-4-6-10-16;5-3(6)1-2-4(7)8/h4-12H,13-15H2,1-3H3;1-2H,(H,5,6)(H,7,8). The average Bonchev–Trinajstić information content (AvgIpc) is 2.95. The Labute approximate surface area is 187 Å². The van der Waals surface area contributed by atoms with Gasteiger partial charge in [-0.05, 0) is 32.6 Å². The Hall–Kier alpha value is -3.49. The first-order chi connectivity index (χ1) is 15.1. The molecule has 8 nitrogen and oxygen atoms in total. The molecule has 0 saturated heterocycles. The lowest BCUT2D eigenvalue weighted by atomic mass is 9.97. The molecule has 0 bridgehead atoms. The van der Waals surface area contributed by atoms with Crippen LogP contribution in [0.2, 0.25) is 0 Å². The number of carbonyl (C=O) groups excluding carboxylic acids is 1. The first-order valence-electron chi connectivity index (χ1n) is 10.0. The molecule has 1 atom stereocenters. The van der Waals surface area contributed by atoms with Crippen LogP contribution in [0.15, 0.2) is 66.7 Å². The maximum Gasteiger partial charge on any atom is 0.328 e. The maximum absolute atomic E-state index is 13.2. The van der Waals surface area contributed by atoms with Crippen LogP contribution in [0.1, 0.15) is 18.1 Å². The summed E-state index contributed by atoms with van der Waals surface area (Å²) in [7, 11) is 4.00. The molecule has 0 aromatic heterocycles. The molecule has 1 heterocycles. The van der Waals surface area contributed by atoms with Crippen LogP contribution >= 0.6 is 0 Å². The number of nitrogens with zero attached hydrogens (tertiary/aromatic N) is 2. The number of carbonyl (C=O) groups is 3. The number of carboxylic acids is 2. The van der Waals surface area contributed by atoms with Crippen LogP contribution in [0.25, 0.3) is 0 Å². The number of carboxylic acid groups (broad SMARTS) is 2. The van der Waals surface area contributed by atoms with Gasteiger partial charge in [0.25, 0.3) is 5.91 Å². The molecule has 2 aromatic carbocycles. The van der Waals surface area contributed by atoms with Crippen molar-refractivity contribution in [2.24, 2.45) is 0 Å². The molecule has 2 aromatic rings. The Kier molecular flexibility index (Phi) is 8.69. The molecule has 3 rings (SSSR count). The number of likely N-dealkylation sites (N-methyl/N-ethyl adjacent to an activating group) is 1. The quantitative estimate of drug-likeness (QED) is 0.608.